The monoisotopic (exact) mass is 281 g/mol. The minimum absolute atomic E-state index is 0. The number of aliphatic imine (C=N–C) groups is 1. The molecule has 0 aromatic heterocycles. The number of hydrogen-bond donors (Lipinski definition) is 3. The Labute approximate surface area is 130 Å². The van der Waals surface area contributed by atoms with E-state index in [9.17, 15) is 15.0 Å². The molecule has 0 unspecified atom stereocenters. The molecular formula is C10H9ClNNaO5. The number of carboxylic acids is 1. The molecule has 0 aliphatic carbocycles. The van der Waals surface area contributed by atoms with Gasteiger partial charge in [0.15, 0.2) is 6.10 Å². The average molecular weight is 282 g/mol. The van der Waals surface area contributed by atoms with Gasteiger partial charge in [0.1, 0.15) is 6.10 Å². The van der Waals surface area contributed by atoms with Crippen molar-refractivity contribution in [2.45, 2.75) is 12.2 Å². The van der Waals surface area contributed by atoms with Gasteiger partial charge in [0.2, 0.25) is 0 Å². The maximum absolute atomic E-state index is 11.3. The minimum Gasteiger partial charge on any atom is -0.860 e. The SMILES string of the molecule is O=C(O)[C@H](O)[C@@H](O)C([O-])=Nc1ccccc1Cl.[Na+]. The molecule has 0 aliphatic heterocycles. The Hall–Kier alpha value is -0.630. The Morgan fingerprint density at radius 3 is 2.33 bits per heavy atom. The molecule has 0 saturated carbocycles. The fourth-order valence-electron chi connectivity index (χ4n) is 0.997. The number of nitrogens with zero attached hydrogens (tertiary/aromatic N) is 1. The van der Waals surface area contributed by atoms with Crippen molar-refractivity contribution >= 4 is 29.2 Å². The molecule has 0 fully saturated rings. The van der Waals surface area contributed by atoms with Crippen molar-refractivity contribution < 1.29 is 54.8 Å². The van der Waals surface area contributed by atoms with Crippen molar-refractivity contribution in [3.05, 3.63) is 29.3 Å². The summed E-state index contributed by atoms with van der Waals surface area (Å²) in [5, 5.41) is 38.0. The van der Waals surface area contributed by atoms with Gasteiger partial charge in [-0.1, -0.05) is 23.7 Å². The summed E-state index contributed by atoms with van der Waals surface area (Å²) in [7, 11) is 0. The number of carbonyl (C=O) groups is 1. The van der Waals surface area contributed by atoms with Crippen LogP contribution >= 0.6 is 11.6 Å². The quantitative estimate of drug-likeness (QED) is 0.302. The van der Waals surface area contributed by atoms with E-state index in [1.54, 1.807) is 12.1 Å². The van der Waals surface area contributed by atoms with Crippen molar-refractivity contribution in [2.24, 2.45) is 4.99 Å². The number of rotatable bonds is 4. The summed E-state index contributed by atoms with van der Waals surface area (Å²) >= 11 is 5.71. The summed E-state index contributed by atoms with van der Waals surface area (Å²) in [5.41, 5.74) is 0.0933. The summed E-state index contributed by atoms with van der Waals surface area (Å²) in [6.45, 7) is 0. The average Bonchev–Trinajstić information content (AvgIpc) is 2.30. The topological polar surface area (TPSA) is 113 Å². The minimum atomic E-state index is -2.21. The van der Waals surface area contributed by atoms with Gasteiger partial charge in [0.05, 0.1) is 10.7 Å². The molecule has 2 atom stereocenters. The molecule has 18 heavy (non-hydrogen) atoms. The first-order valence-electron chi connectivity index (χ1n) is 4.52. The maximum Gasteiger partial charge on any atom is 1.00 e. The first-order valence-corrected chi connectivity index (χ1v) is 4.90. The summed E-state index contributed by atoms with van der Waals surface area (Å²) in [4.78, 5) is 13.8. The van der Waals surface area contributed by atoms with E-state index in [2.05, 4.69) is 4.99 Å². The van der Waals surface area contributed by atoms with Gasteiger partial charge in [0.25, 0.3) is 0 Å². The zero-order valence-corrected chi connectivity index (χ0v) is 12.2. The number of para-hydroxylation sites is 1. The molecule has 0 radical (unpaired) electrons. The summed E-state index contributed by atoms with van der Waals surface area (Å²) in [5.74, 6) is -2.88. The summed E-state index contributed by atoms with van der Waals surface area (Å²) < 4.78 is 0. The van der Waals surface area contributed by atoms with Crippen LogP contribution in [-0.4, -0.2) is 39.4 Å². The zero-order chi connectivity index (χ0) is 13.0. The van der Waals surface area contributed by atoms with Gasteiger partial charge in [0, 0.05) is 0 Å². The Balaban J connectivity index is 0.00000289. The third kappa shape index (κ3) is 4.56. The van der Waals surface area contributed by atoms with E-state index in [-0.39, 0.29) is 40.3 Å². The van der Waals surface area contributed by atoms with Gasteiger partial charge >= 0.3 is 35.5 Å². The molecule has 0 amide bonds. The van der Waals surface area contributed by atoms with Gasteiger partial charge in [-0.15, -0.1) is 0 Å². The Bertz CT molecular complexity index is 454. The number of benzene rings is 1. The smallest absolute Gasteiger partial charge is 0.860 e. The Morgan fingerprint density at radius 1 is 1.28 bits per heavy atom. The predicted molar refractivity (Wildman–Crippen MR) is 58.2 cm³/mol. The molecule has 1 aromatic rings. The second-order valence-electron chi connectivity index (χ2n) is 3.13. The summed E-state index contributed by atoms with van der Waals surface area (Å²) in [6.07, 6.45) is -4.34. The van der Waals surface area contributed by atoms with Crippen molar-refractivity contribution in [1.29, 1.82) is 0 Å². The number of aliphatic hydroxyl groups excluding tert-OH is 2. The molecule has 0 aliphatic rings. The van der Waals surface area contributed by atoms with Gasteiger partial charge in [-0.3, -0.25) is 4.99 Å². The molecule has 1 aromatic carbocycles. The number of carboxylic acid groups (broad SMARTS) is 1. The van der Waals surface area contributed by atoms with Crippen LogP contribution in [0.4, 0.5) is 5.69 Å². The third-order valence-electron chi connectivity index (χ3n) is 1.89. The van der Waals surface area contributed by atoms with E-state index < -0.39 is 24.1 Å². The van der Waals surface area contributed by atoms with E-state index in [1.807, 2.05) is 0 Å². The molecule has 3 N–H and O–H groups in total. The van der Waals surface area contributed by atoms with Crippen LogP contribution in [0, 0.1) is 0 Å². The zero-order valence-electron chi connectivity index (χ0n) is 9.45. The molecule has 1 rings (SSSR count). The molecule has 0 spiro atoms. The molecule has 0 saturated heterocycles. The third-order valence-corrected chi connectivity index (χ3v) is 2.21. The standard InChI is InChI=1S/C10H10ClNO5.Na/c11-5-3-1-2-4-6(5)12-9(15)7(13)8(14)10(16)17;/h1-4,7-8,13-14H,(H,12,15)(H,16,17);/q;+1/p-1/t7-,8-;/m1./s1. The van der Waals surface area contributed by atoms with Crippen LogP contribution in [0.2, 0.25) is 5.02 Å². The van der Waals surface area contributed by atoms with E-state index in [0.29, 0.717) is 0 Å². The van der Waals surface area contributed by atoms with E-state index >= 15 is 0 Å². The molecule has 0 heterocycles. The molecule has 92 valence electrons. The number of halogens is 1. The molecule has 6 nitrogen and oxygen atoms in total. The van der Waals surface area contributed by atoms with Gasteiger partial charge in [-0.25, -0.2) is 4.79 Å². The number of aliphatic carboxylic acids is 1. The fraction of sp³-hybridized carbons (Fsp3) is 0.200. The first kappa shape index (κ1) is 17.4. The second-order valence-corrected chi connectivity index (χ2v) is 3.54. The molecular weight excluding hydrogens is 273 g/mol. The Kier molecular flexibility index (Phi) is 7.46. The second kappa shape index (κ2) is 7.73. The van der Waals surface area contributed by atoms with Crippen LogP contribution in [0.5, 0.6) is 0 Å². The normalized spacial score (nSPS) is 14.5. The van der Waals surface area contributed by atoms with Crippen molar-refractivity contribution in [3.8, 4) is 0 Å². The maximum atomic E-state index is 11.3. The van der Waals surface area contributed by atoms with Crippen LogP contribution in [0.15, 0.2) is 29.3 Å². The molecule has 8 heteroatoms. The predicted octanol–water partition coefficient (Wildman–Crippen LogP) is -3.46. The van der Waals surface area contributed by atoms with Crippen LogP contribution in [0.25, 0.3) is 0 Å². The van der Waals surface area contributed by atoms with E-state index in [1.165, 1.54) is 12.1 Å². The van der Waals surface area contributed by atoms with Crippen LogP contribution in [0.1, 0.15) is 0 Å². The van der Waals surface area contributed by atoms with Gasteiger partial charge in [-0.05, 0) is 18.0 Å². The van der Waals surface area contributed by atoms with Crippen molar-refractivity contribution in [1.82, 2.24) is 0 Å². The van der Waals surface area contributed by atoms with Gasteiger partial charge in [-0.2, -0.15) is 0 Å². The van der Waals surface area contributed by atoms with Crippen LogP contribution in [0.3, 0.4) is 0 Å². The number of hydrogen-bond acceptors (Lipinski definition) is 5. The van der Waals surface area contributed by atoms with Crippen LogP contribution in [-0.2, 0) is 4.79 Å². The number of aliphatic hydroxyl groups is 2. The van der Waals surface area contributed by atoms with Gasteiger partial charge < -0.3 is 20.4 Å². The van der Waals surface area contributed by atoms with E-state index in [4.69, 9.17) is 21.8 Å². The van der Waals surface area contributed by atoms with Crippen molar-refractivity contribution in [2.75, 3.05) is 0 Å². The Morgan fingerprint density at radius 2 is 1.83 bits per heavy atom. The van der Waals surface area contributed by atoms with E-state index in [0.717, 1.165) is 0 Å². The first-order chi connectivity index (χ1) is 7.93. The van der Waals surface area contributed by atoms with Crippen molar-refractivity contribution in [3.63, 3.8) is 0 Å². The summed E-state index contributed by atoms with van der Waals surface area (Å²) in [6, 6.07) is 6.08. The molecule has 0 bridgehead atoms. The fourth-order valence-corrected chi connectivity index (χ4v) is 1.18. The van der Waals surface area contributed by atoms with Crippen LogP contribution < -0.4 is 34.7 Å². The largest absolute Gasteiger partial charge is 1.00 e.